The van der Waals surface area contributed by atoms with Crippen LogP contribution >= 0.6 is 0 Å². The number of pyridine rings is 1. The van der Waals surface area contributed by atoms with Gasteiger partial charge in [-0.25, -0.2) is 13.8 Å². The van der Waals surface area contributed by atoms with Crippen LogP contribution in [0.2, 0.25) is 0 Å². The molecule has 0 unspecified atom stereocenters. The van der Waals surface area contributed by atoms with Crippen LogP contribution in [0.3, 0.4) is 0 Å². The molecule has 1 aliphatic rings. The second-order valence-corrected chi connectivity index (χ2v) is 8.41. The van der Waals surface area contributed by atoms with Gasteiger partial charge in [0.2, 0.25) is 11.8 Å². The Morgan fingerprint density at radius 1 is 1.41 bits per heavy atom. The molecule has 3 N–H and O–H groups in total. The fourth-order valence-corrected chi connectivity index (χ4v) is 3.94. The molecule has 1 fully saturated rings. The molecule has 0 radical (unpaired) electrons. The van der Waals surface area contributed by atoms with E-state index < -0.39 is 35.8 Å². The van der Waals surface area contributed by atoms with Crippen molar-refractivity contribution in [2.24, 2.45) is 11.8 Å². The van der Waals surface area contributed by atoms with E-state index in [1.165, 1.54) is 16.8 Å². The number of nitriles is 1. The molecule has 1 aliphatic heterocycles. The topological polar surface area (TPSA) is 133 Å². The van der Waals surface area contributed by atoms with E-state index in [2.05, 4.69) is 20.6 Å². The Balaban J connectivity index is 1.86. The fourth-order valence-electron chi connectivity index (χ4n) is 3.94. The minimum Gasteiger partial charge on any atom is -0.356 e. The van der Waals surface area contributed by atoms with Crippen LogP contribution in [0.4, 0.5) is 8.78 Å². The van der Waals surface area contributed by atoms with Gasteiger partial charge in [0.05, 0.1) is 11.6 Å². The molecule has 0 aromatic carbocycles. The third-order valence-electron chi connectivity index (χ3n) is 5.52. The van der Waals surface area contributed by atoms with Gasteiger partial charge in [0.1, 0.15) is 17.6 Å². The third kappa shape index (κ3) is 5.12. The zero-order valence-corrected chi connectivity index (χ0v) is 17.9. The number of hydrogen-bond acceptors (Lipinski definition) is 5. The van der Waals surface area contributed by atoms with Gasteiger partial charge in [0, 0.05) is 18.7 Å². The first-order valence-electron chi connectivity index (χ1n) is 10.6. The molecule has 2 aromatic heterocycles. The minimum absolute atomic E-state index is 0.0244. The average Bonchev–Trinajstić information content (AvgIpc) is 3.19. The standard InChI is InChI=1S/C21H26F2N6O3/c1-11(2)8-15(20(31)26-13(10-24)9-12-4-3-6-25-19(12)30)29-7-5-14-16(21(29)32)28-18(27-14)17(22)23/h5,7,11-13,15,17H,3-4,6,8-9H2,1-2H3,(H,25,30)(H,26,31)(H,27,28)/t12-,13-,15-/m0/s1. The highest BCUT2D eigenvalue weighted by molar-refractivity contribution is 5.82. The van der Waals surface area contributed by atoms with E-state index in [9.17, 15) is 28.4 Å². The number of piperidine rings is 1. The number of imidazole rings is 1. The summed E-state index contributed by atoms with van der Waals surface area (Å²) in [5, 5.41) is 14.9. The Hall–Kier alpha value is -3.29. The van der Waals surface area contributed by atoms with Crippen molar-refractivity contribution in [3.05, 3.63) is 28.4 Å². The molecule has 3 heterocycles. The summed E-state index contributed by atoms with van der Waals surface area (Å²) in [6.45, 7) is 4.35. The minimum atomic E-state index is -2.86. The Labute approximate surface area is 183 Å². The molecule has 2 amide bonds. The lowest BCUT2D eigenvalue weighted by atomic mass is 9.91. The number of H-pyrrole nitrogens is 1. The molecule has 0 aliphatic carbocycles. The number of alkyl halides is 2. The number of amides is 2. The lowest BCUT2D eigenvalue weighted by Gasteiger charge is -2.26. The molecule has 3 rings (SSSR count). The number of carbonyl (C=O) groups is 2. The molecule has 0 spiro atoms. The molecule has 172 valence electrons. The summed E-state index contributed by atoms with van der Waals surface area (Å²) in [5.41, 5.74) is -0.675. The van der Waals surface area contributed by atoms with Crippen molar-refractivity contribution in [3.63, 3.8) is 0 Å². The van der Waals surface area contributed by atoms with Crippen molar-refractivity contribution in [1.29, 1.82) is 5.26 Å². The quantitative estimate of drug-likeness (QED) is 0.569. The first-order valence-corrected chi connectivity index (χ1v) is 10.6. The van der Waals surface area contributed by atoms with Crippen LogP contribution in [0.5, 0.6) is 0 Å². The monoisotopic (exact) mass is 448 g/mol. The van der Waals surface area contributed by atoms with E-state index in [1.807, 2.05) is 19.9 Å². The molecule has 2 aromatic rings. The van der Waals surface area contributed by atoms with Gasteiger partial charge in [-0.2, -0.15) is 5.26 Å². The predicted octanol–water partition coefficient (Wildman–Crippen LogP) is 2.17. The van der Waals surface area contributed by atoms with Gasteiger partial charge in [-0.1, -0.05) is 13.8 Å². The molecule has 0 saturated carbocycles. The summed E-state index contributed by atoms with van der Waals surface area (Å²) in [6, 6.07) is 1.56. The number of aromatic nitrogens is 3. The van der Waals surface area contributed by atoms with Crippen LogP contribution in [-0.4, -0.2) is 38.9 Å². The second-order valence-electron chi connectivity index (χ2n) is 8.41. The highest BCUT2D eigenvalue weighted by Crippen LogP contribution is 2.22. The molecule has 0 bridgehead atoms. The number of carbonyl (C=O) groups excluding carboxylic acids is 2. The fraction of sp³-hybridized carbons (Fsp3) is 0.571. The smallest absolute Gasteiger partial charge is 0.295 e. The van der Waals surface area contributed by atoms with Gasteiger partial charge >= 0.3 is 0 Å². The lowest BCUT2D eigenvalue weighted by Crippen LogP contribution is -2.45. The molecule has 11 heteroatoms. The van der Waals surface area contributed by atoms with Crippen molar-refractivity contribution >= 4 is 22.8 Å². The van der Waals surface area contributed by atoms with Gasteiger partial charge in [-0.15, -0.1) is 0 Å². The van der Waals surface area contributed by atoms with Crippen LogP contribution in [0.25, 0.3) is 11.0 Å². The Morgan fingerprint density at radius 2 is 2.16 bits per heavy atom. The third-order valence-corrected chi connectivity index (χ3v) is 5.52. The van der Waals surface area contributed by atoms with Crippen LogP contribution < -0.4 is 16.2 Å². The van der Waals surface area contributed by atoms with E-state index in [4.69, 9.17) is 0 Å². The number of hydrogen-bond donors (Lipinski definition) is 3. The van der Waals surface area contributed by atoms with Gasteiger partial charge in [0.15, 0.2) is 5.82 Å². The van der Waals surface area contributed by atoms with Crippen molar-refractivity contribution in [1.82, 2.24) is 25.2 Å². The van der Waals surface area contributed by atoms with Crippen LogP contribution in [-0.2, 0) is 9.59 Å². The van der Waals surface area contributed by atoms with Crippen LogP contribution in [0, 0.1) is 23.2 Å². The molecule has 3 atom stereocenters. The zero-order chi connectivity index (χ0) is 23.4. The molecular formula is C21H26F2N6O3. The first kappa shape index (κ1) is 23.4. The Kier molecular flexibility index (Phi) is 7.22. The summed E-state index contributed by atoms with van der Waals surface area (Å²) < 4.78 is 27.1. The van der Waals surface area contributed by atoms with Gasteiger partial charge in [-0.3, -0.25) is 14.4 Å². The van der Waals surface area contributed by atoms with E-state index in [0.717, 1.165) is 6.42 Å². The Bertz CT molecular complexity index is 1090. The number of fused-ring (bicyclic) bond motifs is 1. The lowest BCUT2D eigenvalue weighted by molar-refractivity contribution is -0.128. The highest BCUT2D eigenvalue weighted by atomic mass is 19.3. The maximum Gasteiger partial charge on any atom is 0.295 e. The van der Waals surface area contributed by atoms with Crippen molar-refractivity contribution in [3.8, 4) is 6.07 Å². The van der Waals surface area contributed by atoms with Crippen molar-refractivity contribution in [2.75, 3.05) is 6.54 Å². The molecule has 1 saturated heterocycles. The number of aromatic amines is 1. The van der Waals surface area contributed by atoms with Crippen LogP contribution in [0.1, 0.15) is 57.8 Å². The van der Waals surface area contributed by atoms with E-state index in [0.29, 0.717) is 13.0 Å². The summed E-state index contributed by atoms with van der Waals surface area (Å²) >= 11 is 0. The zero-order valence-electron chi connectivity index (χ0n) is 17.9. The molecule has 32 heavy (non-hydrogen) atoms. The maximum atomic E-state index is 13.1. The summed E-state index contributed by atoms with van der Waals surface area (Å²) in [5.74, 6) is -1.64. The van der Waals surface area contributed by atoms with Gasteiger partial charge in [-0.05, 0) is 37.7 Å². The predicted molar refractivity (Wildman–Crippen MR) is 112 cm³/mol. The number of halogens is 2. The summed E-state index contributed by atoms with van der Waals surface area (Å²) in [7, 11) is 0. The van der Waals surface area contributed by atoms with E-state index in [-0.39, 0.29) is 41.6 Å². The van der Waals surface area contributed by atoms with Gasteiger partial charge < -0.3 is 20.2 Å². The van der Waals surface area contributed by atoms with Crippen LogP contribution in [0.15, 0.2) is 17.1 Å². The first-order chi connectivity index (χ1) is 15.2. The molecular weight excluding hydrogens is 422 g/mol. The van der Waals surface area contributed by atoms with Crippen molar-refractivity contribution < 1.29 is 18.4 Å². The maximum absolute atomic E-state index is 13.1. The van der Waals surface area contributed by atoms with Gasteiger partial charge in [0.25, 0.3) is 12.0 Å². The molecule has 9 nitrogen and oxygen atoms in total. The normalized spacial score (nSPS) is 18.4. The highest BCUT2D eigenvalue weighted by Gasteiger charge is 2.30. The van der Waals surface area contributed by atoms with E-state index in [1.54, 1.807) is 0 Å². The average molecular weight is 448 g/mol. The summed E-state index contributed by atoms with van der Waals surface area (Å²) in [6.07, 6.45) is 0.391. The summed E-state index contributed by atoms with van der Waals surface area (Å²) in [4.78, 5) is 44.1. The second kappa shape index (κ2) is 9.89. The number of rotatable bonds is 8. The van der Waals surface area contributed by atoms with E-state index >= 15 is 0 Å². The number of nitrogens with one attached hydrogen (secondary N) is 3. The SMILES string of the molecule is CC(C)C[C@@H](C(=O)N[C@H](C#N)C[C@@H]1CCCNC1=O)n1ccc2nc(C(F)F)[nH]c2c1=O. The Morgan fingerprint density at radius 3 is 2.78 bits per heavy atom. The van der Waals surface area contributed by atoms with Crippen molar-refractivity contribution in [2.45, 2.75) is 58.0 Å². The number of nitrogens with zero attached hydrogens (tertiary/aromatic N) is 3. The largest absolute Gasteiger partial charge is 0.356 e.